The highest BCUT2D eigenvalue weighted by atomic mass is 79.9. The minimum atomic E-state index is -4.38. The van der Waals surface area contributed by atoms with Gasteiger partial charge in [0.15, 0.2) is 0 Å². The van der Waals surface area contributed by atoms with E-state index in [4.69, 9.17) is 5.11 Å². The first-order valence-corrected chi connectivity index (χ1v) is 5.83. The van der Waals surface area contributed by atoms with Crippen molar-refractivity contribution in [2.45, 2.75) is 6.18 Å². The summed E-state index contributed by atoms with van der Waals surface area (Å²) < 4.78 is 38.4. The van der Waals surface area contributed by atoms with Gasteiger partial charge in [0.2, 0.25) is 0 Å². The Kier molecular flexibility index (Phi) is 3.34. The Morgan fingerprint density at radius 3 is 2.06 bits per heavy atom. The second kappa shape index (κ2) is 4.65. The number of rotatable bonds is 1. The first kappa shape index (κ1) is 13.0. The highest BCUT2D eigenvalue weighted by Crippen LogP contribution is 2.35. The second-order valence-corrected chi connectivity index (χ2v) is 4.69. The summed E-state index contributed by atoms with van der Waals surface area (Å²) in [6.45, 7) is 0. The third-order valence-corrected chi connectivity index (χ3v) is 2.88. The van der Waals surface area contributed by atoms with Crippen LogP contribution in [0.1, 0.15) is 5.56 Å². The molecule has 0 fully saturated rings. The largest absolute Gasteiger partial charge is 0.508 e. The SMILES string of the molecule is Oc1ccc(-c2cc(Br)cc(C(F)(F)F)c2)cc1. The van der Waals surface area contributed by atoms with Crippen LogP contribution in [0.4, 0.5) is 13.2 Å². The average Bonchev–Trinajstić information content (AvgIpc) is 2.28. The molecule has 0 radical (unpaired) electrons. The molecule has 5 heteroatoms. The van der Waals surface area contributed by atoms with Crippen molar-refractivity contribution in [2.24, 2.45) is 0 Å². The number of phenolic OH excluding ortho intramolecular Hbond substituents is 1. The zero-order valence-electron chi connectivity index (χ0n) is 9.00. The van der Waals surface area contributed by atoms with E-state index in [2.05, 4.69) is 15.9 Å². The van der Waals surface area contributed by atoms with E-state index >= 15 is 0 Å². The molecule has 0 bridgehead atoms. The van der Waals surface area contributed by atoms with Crippen molar-refractivity contribution >= 4 is 15.9 Å². The lowest BCUT2D eigenvalue weighted by molar-refractivity contribution is -0.137. The zero-order valence-corrected chi connectivity index (χ0v) is 10.6. The third kappa shape index (κ3) is 2.85. The fraction of sp³-hybridized carbons (Fsp3) is 0.0769. The normalized spacial score (nSPS) is 11.6. The van der Waals surface area contributed by atoms with Crippen LogP contribution in [0.3, 0.4) is 0 Å². The highest BCUT2D eigenvalue weighted by molar-refractivity contribution is 9.10. The quantitative estimate of drug-likeness (QED) is 0.798. The third-order valence-electron chi connectivity index (χ3n) is 2.43. The molecule has 0 heterocycles. The number of hydrogen-bond donors (Lipinski definition) is 1. The van der Waals surface area contributed by atoms with E-state index in [9.17, 15) is 13.2 Å². The lowest BCUT2D eigenvalue weighted by Gasteiger charge is -2.10. The van der Waals surface area contributed by atoms with Crippen molar-refractivity contribution in [1.29, 1.82) is 0 Å². The van der Waals surface area contributed by atoms with Crippen molar-refractivity contribution in [3.05, 3.63) is 52.5 Å². The van der Waals surface area contributed by atoms with Gasteiger partial charge in [0.1, 0.15) is 5.75 Å². The van der Waals surface area contributed by atoms with Gasteiger partial charge in [-0.25, -0.2) is 0 Å². The van der Waals surface area contributed by atoms with E-state index in [-0.39, 0.29) is 5.75 Å². The summed E-state index contributed by atoms with van der Waals surface area (Å²) in [7, 11) is 0. The number of phenols is 1. The summed E-state index contributed by atoms with van der Waals surface area (Å²) in [6, 6.07) is 9.71. The van der Waals surface area contributed by atoms with Gasteiger partial charge in [0.05, 0.1) is 5.56 Å². The number of aromatic hydroxyl groups is 1. The molecule has 94 valence electrons. The van der Waals surface area contributed by atoms with Gasteiger partial charge in [-0.2, -0.15) is 13.2 Å². The van der Waals surface area contributed by atoms with Crippen molar-refractivity contribution in [3.8, 4) is 16.9 Å². The molecule has 0 aromatic heterocycles. The standard InChI is InChI=1S/C13H8BrF3O/c14-11-6-9(5-10(7-11)13(15,16)17)8-1-3-12(18)4-2-8/h1-7,18H. The maximum absolute atomic E-state index is 12.7. The van der Waals surface area contributed by atoms with Gasteiger partial charge >= 0.3 is 6.18 Å². The fourth-order valence-electron chi connectivity index (χ4n) is 1.57. The summed E-state index contributed by atoms with van der Waals surface area (Å²) in [5.74, 6) is 0.0739. The number of hydrogen-bond acceptors (Lipinski definition) is 1. The van der Waals surface area contributed by atoms with E-state index < -0.39 is 11.7 Å². The maximum atomic E-state index is 12.7. The predicted molar refractivity (Wildman–Crippen MR) is 66.2 cm³/mol. The summed E-state index contributed by atoms with van der Waals surface area (Å²) >= 11 is 3.07. The van der Waals surface area contributed by atoms with Crippen LogP contribution in [0.2, 0.25) is 0 Å². The van der Waals surface area contributed by atoms with E-state index in [1.165, 1.54) is 12.1 Å². The Balaban J connectivity index is 2.52. The molecule has 0 amide bonds. The molecular weight excluding hydrogens is 309 g/mol. The minimum Gasteiger partial charge on any atom is -0.508 e. The second-order valence-electron chi connectivity index (χ2n) is 3.77. The van der Waals surface area contributed by atoms with Crippen LogP contribution in [0.5, 0.6) is 5.75 Å². The Morgan fingerprint density at radius 2 is 1.50 bits per heavy atom. The van der Waals surface area contributed by atoms with Crippen LogP contribution in [0, 0.1) is 0 Å². The molecule has 0 aliphatic carbocycles. The van der Waals surface area contributed by atoms with Gasteiger partial charge < -0.3 is 5.11 Å². The predicted octanol–water partition coefficient (Wildman–Crippen LogP) is 4.84. The molecule has 1 N–H and O–H groups in total. The van der Waals surface area contributed by atoms with Crippen LogP contribution < -0.4 is 0 Å². The van der Waals surface area contributed by atoms with Gasteiger partial charge in [-0.05, 0) is 41.5 Å². The van der Waals surface area contributed by atoms with Gasteiger partial charge in [0.25, 0.3) is 0 Å². The smallest absolute Gasteiger partial charge is 0.416 e. The summed E-state index contributed by atoms with van der Waals surface area (Å²) in [4.78, 5) is 0. The number of alkyl halides is 3. The van der Waals surface area contributed by atoms with Crippen molar-refractivity contribution in [2.75, 3.05) is 0 Å². The first-order chi connectivity index (χ1) is 8.36. The zero-order chi connectivity index (χ0) is 13.3. The lowest BCUT2D eigenvalue weighted by atomic mass is 10.0. The first-order valence-electron chi connectivity index (χ1n) is 5.03. The Labute approximate surface area is 110 Å². The van der Waals surface area contributed by atoms with Crippen LogP contribution in [-0.2, 0) is 6.18 Å². The Morgan fingerprint density at radius 1 is 0.889 bits per heavy atom. The Hall–Kier alpha value is -1.49. The van der Waals surface area contributed by atoms with Gasteiger partial charge in [-0.15, -0.1) is 0 Å². The van der Waals surface area contributed by atoms with Crippen LogP contribution >= 0.6 is 15.9 Å². The molecule has 0 atom stereocenters. The van der Waals surface area contributed by atoms with Gasteiger partial charge in [-0.3, -0.25) is 0 Å². The van der Waals surface area contributed by atoms with Crippen molar-refractivity contribution in [1.82, 2.24) is 0 Å². The maximum Gasteiger partial charge on any atom is 0.416 e. The fourth-order valence-corrected chi connectivity index (χ4v) is 2.07. The highest BCUT2D eigenvalue weighted by Gasteiger charge is 2.31. The summed E-state index contributed by atoms with van der Waals surface area (Å²) in [5, 5.41) is 9.15. The van der Waals surface area contributed by atoms with E-state index in [0.717, 1.165) is 12.1 Å². The molecule has 0 unspecified atom stereocenters. The summed E-state index contributed by atoms with van der Waals surface area (Å²) in [5.41, 5.74) is 0.344. The van der Waals surface area contributed by atoms with Gasteiger partial charge in [-0.1, -0.05) is 28.1 Å². The lowest BCUT2D eigenvalue weighted by Crippen LogP contribution is -2.04. The minimum absolute atomic E-state index is 0.0739. The van der Waals surface area contributed by atoms with Crippen LogP contribution in [0.15, 0.2) is 46.9 Å². The topological polar surface area (TPSA) is 20.2 Å². The molecule has 0 aliphatic rings. The van der Waals surface area contributed by atoms with E-state index in [0.29, 0.717) is 15.6 Å². The molecule has 0 saturated heterocycles. The van der Waals surface area contributed by atoms with E-state index in [1.807, 2.05) is 0 Å². The summed E-state index contributed by atoms with van der Waals surface area (Å²) in [6.07, 6.45) is -4.38. The van der Waals surface area contributed by atoms with E-state index in [1.54, 1.807) is 18.2 Å². The molecule has 2 rings (SSSR count). The number of benzene rings is 2. The Bertz CT molecular complexity index is 561. The van der Waals surface area contributed by atoms with Crippen molar-refractivity contribution in [3.63, 3.8) is 0 Å². The molecule has 1 nitrogen and oxygen atoms in total. The molecule has 18 heavy (non-hydrogen) atoms. The van der Waals surface area contributed by atoms with Crippen molar-refractivity contribution < 1.29 is 18.3 Å². The van der Waals surface area contributed by atoms with Crippen LogP contribution in [0.25, 0.3) is 11.1 Å². The van der Waals surface area contributed by atoms with Crippen LogP contribution in [-0.4, -0.2) is 5.11 Å². The molecule has 0 saturated carbocycles. The molecular formula is C13H8BrF3O. The average molecular weight is 317 g/mol. The molecule has 0 spiro atoms. The monoisotopic (exact) mass is 316 g/mol. The van der Waals surface area contributed by atoms with Gasteiger partial charge in [0, 0.05) is 4.47 Å². The molecule has 2 aromatic rings. The molecule has 2 aromatic carbocycles. The molecule has 0 aliphatic heterocycles. The number of halogens is 4.